The van der Waals surface area contributed by atoms with Crippen molar-refractivity contribution in [3.05, 3.63) is 108 Å². The van der Waals surface area contributed by atoms with Gasteiger partial charge in [-0.2, -0.15) is 12.1 Å². The normalized spacial score (nSPS) is 9.24. The summed E-state index contributed by atoms with van der Waals surface area (Å²) in [6.07, 6.45) is 0. The molecule has 0 saturated heterocycles. The fraction of sp³-hybridized carbons (Fsp3) is 0.0833. The Labute approximate surface area is 202 Å². The molecule has 4 aromatic rings. The van der Waals surface area contributed by atoms with Crippen molar-refractivity contribution in [1.82, 2.24) is 0 Å². The molecule has 0 radical (unpaired) electrons. The summed E-state index contributed by atoms with van der Waals surface area (Å²) in [5.41, 5.74) is 6.96. The molecule has 0 saturated carbocycles. The number of benzene rings is 2. The Hall–Kier alpha value is -1.55. The average Bonchev–Trinajstić information content (AvgIpc) is 3.25. The van der Waals surface area contributed by atoms with Gasteiger partial charge < -0.3 is 24.8 Å². The molecule has 4 rings (SSSR count). The van der Waals surface area contributed by atoms with Crippen molar-refractivity contribution in [2.24, 2.45) is 0 Å². The summed E-state index contributed by atoms with van der Waals surface area (Å²) < 4.78 is 25.3. The molecule has 0 aliphatic heterocycles. The first-order chi connectivity index (χ1) is 12.5. The summed E-state index contributed by atoms with van der Waals surface area (Å²) in [6, 6.07) is 25.4. The zero-order valence-corrected chi connectivity index (χ0v) is 21.2. The second-order valence-electron chi connectivity index (χ2n) is 6.26. The third-order valence-corrected chi connectivity index (χ3v) is 4.38. The third kappa shape index (κ3) is 7.33. The van der Waals surface area contributed by atoms with Crippen LogP contribution in [-0.2, 0) is 25.8 Å². The fourth-order valence-corrected chi connectivity index (χ4v) is 2.93. The van der Waals surface area contributed by atoms with Gasteiger partial charge in [0, 0.05) is 0 Å². The van der Waals surface area contributed by atoms with E-state index in [1.165, 1.54) is 46.5 Å². The van der Waals surface area contributed by atoms with Gasteiger partial charge in [0.25, 0.3) is 0 Å². The van der Waals surface area contributed by atoms with E-state index in [1.54, 1.807) is 24.3 Å². The van der Waals surface area contributed by atoms with E-state index in [0.29, 0.717) is 0 Å². The van der Waals surface area contributed by atoms with E-state index < -0.39 is 0 Å². The van der Waals surface area contributed by atoms with Gasteiger partial charge in [-0.15, -0.1) is 70.8 Å². The predicted octanol–water partition coefficient (Wildman–Crippen LogP) is 1.05. The maximum absolute atomic E-state index is 12.6. The van der Waals surface area contributed by atoms with Gasteiger partial charge in [0.15, 0.2) is 0 Å². The molecule has 0 heterocycles. The number of rotatable bonds is 2. The number of aryl methyl sites for hydroxylation is 2. The van der Waals surface area contributed by atoms with Gasteiger partial charge in [-0.1, -0.05) is 49.2 Å². The van der Waals surface area contributed by atoms with Crippen LogP contribution in [0.25, 0.3) is 22.3 Å². The molecule has 5 heteroatoms. The molecule has 0 aliphatic rings. The Balaban J connectivity index is 0.000000490. The zero-order valence-electron chi connectivity index (χ0n) is 16.1. The van der Waals surface area contributed by atoms with Crippen LogP contribution in [0.4, 0.5) is 8.78 Å². The van der Waals surface area contributed by atoms with Crippen LogP contribution >= 0.6 is 0 Å². The van der Waals surface area contributed by atoms with E-state index in [9.17, 15) is 8.78 Å². The van der Waals surface area contributed by atoms with Gasteiger partial charge in [0.1, 0.15) is 11.6 Å². The first-order valence-corrected chi connectivity index (χ1v) is 8.51. The molecule has 0 atom stereocenters. The molecule has 29 heavy (non-hydrogen) atoms. The summed E-state index contributed by atoms with van der Waals surface area (Å²) in [6.45, 7) is 4.11. The second-order valence-corrected chi connectivity index (χ2v) is 6.26. The van der Waals surface area contributed by atoms with Gasteiger partial charge in [0.2, 0.25) is 0 Å². The molecule has 0 aromatic heterocycles. The summed E-state index contributed by atoms with van der Waals surface area (Å²) in [4.78, 5) is 0. The Bertz CT molecular complexity index is 889. The van der Waals surface area contributed by atoms with Crippen LogP contribution < -0.4 is 24.8 Å². The Morgan fingerprint density at radius 2 is 0.862 bits per heavy atom. The standard InChI is InChI=1S/2C12H10F.2ClH.Hf/c2*1-9-3-2-4-12(9)10-5-7-11(13)8-6-10;;;/h2*2-8H,1H3;2*1H;/q2*-1;;;+4/p-2. The van der Waals surface area contributed by atoms with Gasteiger partial charge in [0.05, 0.1) is 0 Å². The summed E-state index contributed by atoms with van der Waals surface area (Å²) in [5.74, 6) is -0.374. The smallest absolute Gasteiger partial charge is 1.00 e. The minimum atomic E-state index is -0.187. The molecule has 0 unspecified atom stereocenters. The first-order valence-electron chi connectivity index (χ1n) is 8.51. The molecule has 4 aromatic carbocycles. The van der Waals surface area contributed by atoms with Gasteiger partial charge in [-0.3, -0.25) is 0 Å². The van der Waals surface area contributed by atoms with Crippen LogP contribution in [0.2, 0.25) is 0 Å². The number of halogens is 4. The Kier molecular flexibility index (Phi) is 12.2. The van der Waals surface area contributed by atoms with Gasteiger partial charge in [-0.05, 0) is 0 Å². The molecular formula is C24H20Cl2F2Hf. The van der Waals surface area contributed by atoms with E-state index in [2.05, 4.69) is 26.0 Å². The quantitative estimate of drug-likeness (QED) is 0.240. The minimum absolute atomic E-state index is 0. The van der Waals surface area contributed by atoms with E-state index in [0.717, 1.165) is 11.1 Å². The summed E-state index contributed by atoms with van der Waals surface area (Å²) >= 11 is 0. The van der Waals surface area contributed by atoms with Crippen LogP contribution in [0.1, 0.15) is 11.1 Å². The van der Waals surface area contributed by atoms with Gasteiger partial charge in [-0.25, -0.2) is 8.78 Å². The van der Waals surface area contributed by atoms with Crippen molar-refractivity contribution in [3.8, 4) is 22.3 Å². The molecule has 0 aliphatic carbocycles. The van der Waals surface area contributed by atoms with Crippen LogP contribution in [0.5, 0.6) is 0 Å². The molecule has 0 N–H and O–H groups in total. The van der Waals surface area contributed by atoms with E-state index >= 15 is 0 Å². The maximum Gasteiger partial charge on any atom is 4.00 e. The second kappa shape index (κ2) is 12.9. The maximum atomic E-state index is 12.6. The van der Waals surface area contributed by atoms with Crippen molar-refractivity contribution in [2.75, 3.05) is 0 Å². The fourth-order valence-electron chi connectivity index (χ4n) is 2.93. The van der Waals surface area contributed by atoms with Crippen LogP contribution in [-0.4, -0.2) is 0 Å². The summed E-state index contributed by atoms with van der Waals surface area (Å²) in [5, 5.41) is 0. The predicted molar refractivity (Wildman–Crippen MR) is 104 cm³/mol. The van der Waals surface area contributed by atoms with Crippen molar-refractivity contribution in [1.29, 1.82) is 0 Å². The van der Waals surface area contributed by atoms with E-state index in [4.69, 9.17) is 0 Å². The Morgan fingerprint density at radius 1 is 0.552 bits per heavy atom. The monoisotopic (exact) mass is 596 g/mol. The summed E-state index contributed by atoms with van der Waals surface area (Å²) in [7, 11) is 0. The molecule has 0 amide bonds. The molecule has 148 valence electrons. The number of hydrogen-bond donors (Lipinski definition) is 0. The van der Waals surface area contributed by atoms with E-state index in [-0.39, 0.29) is 62.3 Å². The minimum Gasteiger partial charge on any atom is -1.00 e. The van der Waals surface area contributed by atoms with Crippen LogP contribution in [0.3, 0.4) is 0 Å². The zero-order chi connectivity index (χ0) is 18.5. The molecule has 0 bridgehead atoms. The molecule has 0 fully saturated rings. The van der Waals surface area contributed by atoms with Crippen molar-refractivity contribution < 1.29 is 59.4 Å². The first kappa shape index (κ1) is 27.5. The molecular weight excluding hydrogens is 576 g/mol. The average molecular weight is 596 g/mol. The third-order valence-electron chi connectivity index (χ3n) is 4.38. The topological polar surface area (TPSA) is 0 Å². The number of hydrogen-bond acceptors (Lipinski definition) is 0. The van der Waals surface area contributed by atoms with Crippen molar-refractivity contribution in [3.63, 3.8) is 0 Å². The van der Waals surface area contributed by atoms with E-state index in [1.807, 2.05) is 24.3 Å². The van der Waals surface area contributed by atoms with Gasteiger partial charge >= 0.3 is 25.8 Å². The molecule has 0 spiro atoms. The van der Waals surface area contributed by atoms with Crippen molar-refractivity contribution >= 4 is 0 Å². The van der Waals surface area contributed by atoms with Crippen molar-refractivity contribution in [2.45, 2.75) is 13.8 Å². The SMILES string of the molecule is Cc1ccc[c-]1-c1ccc(F)cc1.Cc1ccc[c-]1-c1ccc(F)cc1.[Cl-].[Cl-].[Hf+4]. The van der Waals surface area contributed by atoms with Crippen LogP contribution in [0, 0.1) is 25.5 Å². The van der Waals surface area contributed by atoms with Crippen LogP contribution in [0.15, 0.2) is 84.9 Å². The Morgan fingerprint density at radius 3 is 1.10 bits per heavy atom. The molecule has 0 nitrogen and oxygen atoms in total. The largest absolute Gasteiger partial charge is 4.00 e.